The zero-order valence-corrected chi connectivity index (χ0v) is 12.1. The van der Waals surface area contributed by atoms with Crippen LogP contribution in [0, 0.1) is 17.8 Å². The number of fused-ring (bicyclic) bond motifs is 1. The van der Waals surface area contributed by atoms with Gasteiger partial charge in [-0.2, -0.15) is 0 Å². The lowest BCUT2D eigenvalue weighted by molar-refractivity contribution is -0.119. The fourth-order valence-electron chi connectivity index (χ4n) is 3.16. The molecule has 1 N–H and O–H groups in total. The Morgan fingerprint density at radius 3 is 2.58 bits per heavy atom. The number of carbonyl (C=O) groups is 1. The minimum Gasteiger partial charge on any atom is -0.376 e. The molecular formula is C15H19ClN2O. The third-order valence-electron chi connectivity index (χ3n) is 4.31. The molecule has 19 heavy (non-hydrogen) atoms. The minimum absolute atomic E-state index is 0.151. The van der Waals surface area contributed by atoms with Crippen molar-refractivity contribution in [1.29, 1.82) is 0 Å². The summed E-state index contributed by atoms with van der Waals surface area (Å²) in [5, 5.41) is 3.70. The van der Waals surface area contributed by atoms with E-state index in [1.165, 1.54) is 6.42 Å². The second-order valence-corrected chi connectivity index (χ2v) is 6.41. The van der Waals surface area contributed by atoms with E-state index in [1.807, 2.05) is 37.2 Å². The van der Waals surface area contributed by atoms with Crippen LogP contribution in [0.3, 0.4) is 0 Å². The van der Waals surface area contributed by atoms with Crippen LogP contribution in [0.1, 0.15) is 19.3 Å². The van der Waals surface area contributed by atoms with E-state index in [0.29, 0.717) is 5.02 Å². The molecular weight excluding hydrogens is 260 g/mol. The van der Waals surface area contributed by atoms with Crippen LogP contribution in [0.2, 0.25) is 5.02 Å². The smallest absolute Gasteiger partial charge is 0.227 e. The summed E-state index contributed by atoms with van der Waals surface area (Å²) < 4.78 is 0. The summed E-state index contributed by atoms with van der Waals surface area (Å²) in [6.07, 6.45) is 3.46. The zero-order valence-electron chi connectivity index (χ0n) is 11.3. The molecule has 0 bridgehead atoms. The number of halogens is 1. The predicted molar refractivity (Wildman–Crippen MR) is 78.7 cm³/mol. The predicted octanol–water partition coefficient (Wildman–Crippen LogP) is 3.39. The first-order chi connectivity index (χ1) is 9.04. The lowest BCUT2D eigenvalue weighted by Gasteiger charge is -2.20. The molecule has 102 valence electrons. The van der Waals surface area contributed by atoms with E-state index < -0.39 is 0 Å². The summed E-state index contributed by atoms with van der Waals surface area (Å²) in [6.45, 7) is 0. The van der Waals surface area contributed by atoms with Crippen molar-refractivity contribution in [3.05, 3.63) is 23.2 Å². The number of carbonyl (C=O) groups excluding carboxylic acids is 1. The summed E-state index contributed by atoms with van der Waals surface area (Å²) in [5.41, 5.74) is 1.80. The number of hydrogen-bond acceptors (Lipinski definition) is 2. The Hall–Kier alpha value is -1.22. The number of amides is 1. The van der Waals surface area contributed by atoms with Crippen LogP contribution in [0.5, 0.6) is 0 Å². The van der Waals surface area contributed by atoms with Crippen LogP contribution in [0.25, 0.3) is 0 Å². The van der Waals surface area contributed by atoms with Gasteiger partial charge in [-0.1, -0.05) is 11.6 Å². The molecule has 2 fully saturated rings. The summed E-state index contributed by atoms with van der Waals surface area (Å²) in [5.74, 6) is 1.99. The second kappa shape index (κ2) is 4.71. The van der Waals surface area contributed by atoms with Crippen LogP contribution < -0.4 is 10.2 Å². The first-order valence-electron chi connectivity index (χ1n) is 6.82. The Kier molecular flexibility index (Phi) is 3.17. The van der Waals surface area contributed by atoms with Gasteiger partial charge in [-0.15, -0.1) is 0 Å². The molecule has 1 aromatic rings. The van der Waals surface area contributed by atoms with Gasteiger partial charge in [-0.05, 0) is 49.3 Å². The molecule has 2 unspecified atom stereocenters. The van der Waals surface area contributed by atoms with Gasteiger partial charge in [0.25, 0.3) is 0 Å². The van der Waals surface area contributed by atoms with Crippen molar-refractivity contribution < 1.29 is 4.79 Å². The molecule has 2 aliphatic carbocycles. The first kappa shape index (κ1) is 12.8. The molecule has 0 heterocycles. The number of nitrogens with zero attached hydrogens (tertiary/aromatic N) is 1. The van der Waals surface area contributed by atoms with Crippen molar-refractivity contribution in [2.75, 3.05) is 24.3 Å². The van der Waals surface area contributed by atoms with Gasteiger partial charge in [0.15, 0.2) is 0 Å². The summed E-state index contributed by atoms with van der Waals surface area (Å²) in [4.78, 5) is 14.3. The zero-order chi connectivity index (χ0) is 13.6. The summed E-state index contributed by atoms with van der Waals surface area (Å²) >= 11 is 6.03. The molecule has 0 spiro atoms. The third-order valence-corrected chi connectivity index (χ3v) is 4.55. The van der Waals surface area contributed by atoms with E-state index in [-0.39, 0.29) is 11.8 Å². The van der Waals surface area contributed by atoms with Crippen LogP contribution in [0.4, 0.5) is 11.4 Å². The molecule has 3 rings (SSSR count). The molecule has 3 nitrogen and oxygen atoms in total. The second-order valence-electron chi connectivity index (χ2n) is 5.97. The fraction of sp³-hybridized carbons (Fsp3) is 0.533. The first-order valence-corrected chi connectivity index (χ1v) is 7.20. The van der Waals surface area contributed by atoms with Crippen LogP contribution in [-0.2, 0) is 4.79 Å². The molecule has 2 saturated carbocycles. The standard InChI is InChI=1S/C15H19ClN2O/c1-18(2)14-4-3-12(16)8-13(14)17-15(19)11-6-9-5-10(9)7-11/h3-4,8-11H,5-7H2,1-2H3,(H,17,19). The molecule has 2 aliphatic rings. The van der Waals surface area contributed by atoms with Gasteiger partial charge < -0.3 is 10.2 Å². The maximum Gasteiger partial charge on any atom is 0.227 e. The summed E-state index contributed by atoms with van der Waals surface area (Å²) in [7, 11) is 3.92. The number of rotatable bonds is 3. The molecule has 4 heteroatoms. The van der Waals surface area contributed by atoms with Crippen LogP contribution >= 0.6 is 11.6 Å². The van der Waals surface area contributed by atoms with Crippen LogP contribution in [-0.4, -0.2) is 20.0 Å². The number of nitrogens with one attached hydrogen (secondary N) is 1. The van der Waals surface area contributed by atoms with E-state index in [1.54, 1.807) is 0 Å². The minimum atomic E-state index is 0.151. The van der Waals surface area contributed by atoms with Gasteiger partial charge in [0.05, 0.1) is 11.4 Å². The molecule has 1 aromatic carbocycles. The van der Waals surface area contributed by atoms with Crippen molar-refractivity contribution in [2.45, 2.75) is 19.3 Å². The monoisotopic (exact) mass is 278 g/mol. The van der Waals surface area contributed by atoms with E-state index in [4.69, 9.17) is 11.6 Å². The summed E-state index contributed by atoms with van der Waals surface area (Å²) in [6, 6.07) is 5.60. The Labute approximate surface area is 118 Å². The number of benzene rings is 1. The van der Waals surface area contributed by atoms with Crippen molar-refractivity contribution in [1.82, 2.24) is 0 Å². The van der Waals surface area contributed by atoms with Gasteiger partial charge >= 0.3 is 0 Å². The van der Waals surface area contributed by atoms with E-state index >= 15 is 0 Å². The van der Waals surface area contributed by atoms with E-state index in [2.05, 4.69) is 5.32 Å². The number of anilines is 2. The maximum absolute atomic E-state index is 12.3. The van der Waals surface area contributed by atoms with Gasteiger partial charge in [0.2, 0.25) is 5.91 Å². The fourth-order valence-corrected chi connectivity index (χ4v) is 3.33. The number of hydrogen-bond donors (Lipinski definition) is 1. The normalized spacial score (nSPS) is 27.8. The van der Waals surface area contributed by atoms with Gasteiger partial charge in [-0.3, -0.25) is 4.79 Å². The lowest BCUT2D eigenvalue weighted by atomic mass is 10.0. The average Bonchev–Trinajstić information content (AvgIpc) is 2.95. The van der Waals surface area contributed by atoms with Gasteiger partial charge in [0, 0.05) is 25.0 Å². The largest absolute Gasteiger partial charge is 0.376 e. The van der Waals surface area contributed by atoms with Crippen molar-refractivity contribution in [3.8, 4) is 0 Å². The SMILES string of the molecule is CN(C)c1ccc(Cl)cc1NC(=O)C1CC2CC2C1. The maximum atomic E-state index is 12.3. The topological polar surface area (TPSA) is 32.3 Å². The third kappa shape index (κ3) is 2.57. The van der Waals surface area contributed by atoms with Gasteiger partial charge in [0.1, 0.15) is 0 Å². The Morgan fingerprint density at radius 1 is 1.26 bits per heavy atom. The van der Waals surface area contributed by atoms with Crippen LogP contribution in [0.15, 0.2) is 18.2 Å². The Bertz CT molecular complexity index is 505. The molecule has 0 saturated heterocycles. The van der Waals surface area contributed by atoms with Gasteiger partial charge in [-0.25, -0.2) is 0 Å². The molecule has 1 amide bonds. The molecule has 0 radical (unpaired) electrons. The van der Waals surface area contributed by atoms with Crippen molar-refractivity contribution >= 4 is 28.9 Å². The Balaban J connectivity index is 1.74. The molecule has 0 aliphatic heterocycles. The average molecular weight is 279 g/mol. The highest BCUT2D eigenvalue weighted by molar-refractivity contribution is 6.31. The van der Waals surface area contributed by atoms with Crippen molar-refractivity contribution in [3.63, 3.8) is 0 Å². The Morgan fingerprint density at radius 2 is 1.95 bits per heavy atom. The highest BCUT2D eigenvalue weighted by Gasteiger charge is 2.48. The quantitative estimate of drug-likeness (QED) is 0.919. The van der Waals surface area contributed by atoms with Crippen molar-refractivity contribution in [2.24, 2.45) is 17.8 Å². The molecule has 0 aromatic heterocycles. The molecule has 2 atom stereocenters. The highest BCUT2D eigenvalue weighted by Crippen LogP contribution is 2.54. The highest BCUT2D eigenvalue weighted by atomic mass is 35.5. The van der Waals surface area contributed by atoms with E-state index in [9.17, 15) is 4.79 Å². The lowest BCUT2D eigenvalue weighted by Crippen LogP contribution is -2.23. The van der Waals surface area contributed by atoms with E-state index in [0.717, 1.165) is 36.1 Å².